The zero-order valence-corrected chi connectivity index (χ0v) is 21.0. The first-order valence-corrected chi connectivity index (χ1v) is 13.3. The third kappa shape index (κ3) is 5.12. The molecular weight excluding hydrogens is 426 g/mol. The van der Waals surface area contributed by atoms with Crippen molar-refractivity contribution in [2.45, 2.75) is 71.4 Å². The topological polar surface area (TPSA) is 53.1 Å². The molecule has 34 heavy (non-hydrogen) atoms. The standard InChI is InChI=1S/C28H41N3O3/c1-27(2)20-30(24-9-6-10-24)15-16-31(21-27)25(32)23-17-28(18-23)11-13-29(14-12-28)26(33)34-19-22-7-4-3-5-8-22/h3-5,7-8,23-24H,6,9-21H2,1-2H3. The summed E-state index contributed by atoms with van der Waals surface area (Å²) in [5.41, 5.74) is 1.40. The number of benzene rings is 1. The van der Waals surface area contributed by atoms with Gasteiger partial charge in [0.05, 0.1) is 0 Å². The van der Waals surface area contributed by atoms with Gasteiger partial charge in [0.25, 0.3) is 0 Å². The van der Waals surface area contributed by atoms with Crippen LogP contribution in [0.15, 0.2) is 30.3 Å². The van der Waals surface area contributed by atoms with E-state index in [1.165, 1.54) is 19.3 Å². The monoisotopic (exact) mass is 467 g/mol. The summed E-state index contributed by atoms with van der Waals surface area (Å²) in [6.45, 7) is 10.3. The second-order valence-electron chi connectivity index (χ2n) is 12.1. The third-order valence-corrected chi connectivity index (χ3v) is 8.81. The van der Waals surface area contributed by atoms with Crippen LogP contribution >= 0.6 is 0 Å². The van der Waals surface area contributed by atoms with E-state index in [0.717, 1.165) is 76.6 Å². The Balaban J connectivity index is 1.08. The van der Waals surface area contributed by atoms with Gasteiger partial charge in [-0.1, -0.05) is 50.6 Å². The van der Waals surface area contributed by atoms with Crippen molar-refractivity contribution in [2.75, 3.05) is 39.3 Å². The summed E-state index contributed by atoms with van der Waals surface area (Å²) in [6, 6.07) is 10.6. The molecule has 0 bridgehead atoms. The molecule has 1 aromatic carbocycles. The first-order chi connectivity index (χ1) is 16.3. The fourth-order valence-corrected chi connectivity index (χ4v) is 6.58. The van der Waals surface area contributed by atoms with Gasteiger partial charge in [0.2, 0.25) is 5.91 Å². The van der Waals surface area contributed by atoms with Gasteiger partial charge in [-0.2, -0.15) is 0 Å². The summed E-state index contributed by atoms with van der Waals surface area (Å²) in [6.07, 6.45) is 7.74. The smallest absolute Gasteiger partial charge is 0.410 e. The van der Waals surface area contributed by atoms with Crippen molar-refractivity contribution in [2.24, 2.45) is 16.7 Å². The lowest BCUT2D eigenvalue weighted by Crippen LogP contribution is -2.53. The van der Waals surface area contributed by atoms with Crippen LogP contribution in [0, 0.1) is 16.7 Å². The highest BCUT2D eigenvalue weighted by Gasteiger charge is 2.50. The molecule has 2 heterocycles. The number of likely N-dealkylation sites (tertiary alicyclic amines) is 1. The van der Waals surface area contributed by atoms with Gasteiger partial charge in [0, 0.05) is 51.2 Å². The Morgan fingerprint density at radius 3 is 2.29 bits per heavy atom. The Morgan fingerprint density at radius 1 is 0.941 bits per heavy atom. The lowest BCUT2D eigenvalue weighted by atomic mass is 9.57. The van der Waals surface area contributed by atoms with E-state index in [4.69, 9.17) is 4.74 Å². The quantitative estimate of drug-likeness (QED) is 0.653. The highest BCUT2D eigenvalue weighted by Crippen LogP contribution is 2.53. The van der Waals surface area contributed by atoms with Crippen molar-refractivity contribution in [1.29, 1.82) is 0 Å². The summed E-state index contributed by atoms with van der Waals surface area (Å²) < 4.78 is 5.52. The van der Waals surface area contributed by atoms with Gasteiger partial charge in [-0.15, -0.1) is 0 Å². The fraction of sp³-hybridized carbons (Fsp3) is 0.714. The second-order valence-corrected chi connectivity index (χ2v) is 12.1. The summed E-state index contributed by atoms with van der Waals surface area (Å²) in [5.74, 6) is 0.543. The average Bonchev–Trinajstić information content (AvgIpc) is 2.92. The molecule has 0 atom stereocenters. The average molecular weight is 468 g/mol. The molecule has 0 unspecified atom stereocenters. The summed E-state index contributed by atoms with van der Waals surface area (Å²) >= 11 is 0. The molecule has 0 radical (unpaired) electrons. The molecule has 2 amide bonds. The number of amides is 2. The molecule has 5 rings (SSSR count). The van der Waals surface area contributed by atoms with Crippen LogP contribution in [0.3, 0.4) is 0 Å². The summed E-state index contributed by atoms with van der Waals surface area (Å²) in [7, 11) is 0. The minimum absolute atomic E-state index is 0.147. The molecule has 4 fully saturated rings. The molecule has 186 valence electrons. The Hall–Kier alpha value is -2.08. The van der Waals surface area contributed by atoms with Crippen molar-refractivity contribution in [3.05, 3.63) is 35.9 Å². The number of carbonyl (C=O) groups excluding carboxylic acids is 2. The summed E-state index contributed by atoms with van der Waals surface area (Å²) in [5, 5.41) is 0. The zero-order valence-electron chi connectivity index (χ0n) is 21.0. The SMILES string of the molecule is CC1(C)CN(C(=O)C2CC3(CCN(C(=O)OCc4ccccc4)CC3)C2)CCN(C2CCC2)C1. The van der Waals surface area contributed by atoms with Gasteiger partial charge in [0.15, 0.2) is 0 Å². The van der Waals surface area contributed by atoms with E-state index >= 15 is 0 Å². The Kier molecular flexibility index (Phi) is 6.62. The van der Waals surface area contributed by atoms with Crippen molar-refractivity contribution in [3.8, 4) is 0 Å². The van der Waals surface area contributed by atoms with Crippen LogP contribution < -0.4 is 0 Å². The minimum Gasteiger partial charge on any atom is -0.445 e. The molecule has 2 aliphatic heterocycles. The molecular formula is C28H41N3O3. The van der Waals surface area contributed by atoms with Crippen LogP contribution in [0.1, 0.15) is 64.4 Å². The lowest BCUT2D eigenvalue weighted by Gasteiger charge is -2.52. The lowest BCUT2D eigenvalue weighted by molar-refractivity contribution is -0.146. The normalized spacial score (nSPS) is 25.4. The number of hydrogen-bond donors (Lipinski definition) is 0. The van der Waals surface area contributed by atoms with Crippen LogP contribution in [0.25, 0.3) is 0 Å². The zero-order chi connectivity index (χ0) is 23.8. The Morgan fingerprint density at radius 2 is 1.65 bits per heavy atom. The maximum Gasteiger partial charge on any atom is 0.410 e. The first kappa shape index (κ1) is 23.7. The number of carbonyl (C=O) groups is 2. The van der Waals surface area contributed by atoms with Crippen LogP contribution in [-0.2, 0) is 16.1 Å². The van der Waals surface area contributed by atoms with Gasteiger partial charge < -0.3 is 14.5 Å². The summed E-state index contributed by atoms with van der Waals surface area (Å²) in [4.78, 5) is 32.6. The molecule has 0 N–H and O–H groups in total. The molecule has 2 saturated heterocycles. The van der Waals surface area contributed by atoms with E-state index < -0.39 is 0 Å². The first-order valence-electron chi connectivity index (χ1n) is 13.3. The van der Waals surface area contributed by atoms with Crippen molar-refractivity contribution < 1.29 is 14.3 Å². The number of piperidine rings is 1. The number of rotatable bonds is 4. The molecule has 6 heteroatoms. The van der Waals surface area contributed by atoms with Crippen LogP contribution in [0.4, 0.5) is 4.79 Å². The van der Waals surface area contributed by atoms with Gasteiger partial charge >= 0.3 is 6.09 Å². The molecule has 1 spiro atoms. The molecule has 2 saturated carbocycles. The largest absolute Gasteiger partial charge is 0.445 e. The predicted molar refractivity (Wildman–Crippen MR) is 132 cm³/mol. The maximum atomic E-state index is 13.4. The van der Waals surface area contributed by atoms with E-state index in [1.54, 1.807) is 0 Å². The van der Waals surface area contributed by atoms with Gasteiger partial charge in [-0.05, 0) is 54.9 Å². The van der Waals surface area contributed by atoms with E-state index in [9.17, 15) is 9.59 Å². The van der Waals surface area contributed by atoms with Crippen LogP contribution in [-0.4, -0.2) is 72.0 Å². The van der Waals surface area contributed by atoms with Crippen LogP contribution in [0.5, 0.6) is 0 Å². The molecule has 2 aliphatic carbocycles. The molecule has 1 aromatic rings. The van der Waals surface area contributed by atoms with Gasteiger partial charge in [-0.3, -0.25) is 9.69 Å². The van der Waals surface area contributed by atoms with Crippen molar-refractivity contribution in [1.82, 2.24) is 14.7 Å². The fourth-order valence-electron chi connectivity index (χ4n) is 6.58. The highest BCUT2D eigenvalue weighted by molar-refractivity contribution is 5.80. The predicted octanol–water partition coefficient (Wildman–Crippen LogP) is 4.54. The Bertz CT molecular complexity index is 866. The molecule has 0 aromatic heterocycles. The van der Waals surface area contributed by atoms with Crippen molar-refractivity contribution >= 4 is 12.0 Å². The Labute approximate surface area is 204 Å². The highest BCUT2D eigenvalue weighted by atomic mass is 16.6. The van der Waals surface area contributed by atoms with E-state index in [1.807, 2.05) is 35.2 Å². The molecule has 6 nitrogen and oxygen atoms in total. The van der Waals surface area contributed by atoms with Crippen LogP contribution in [0.2, 0.25) is 0 Å². The van der Waals surface area contributed by atoms with Gasteiger partial charge in [-0.25, -0.2) is 4.79 Å². The minimum atomic E-state index is -0.214. The van der Waals surface area contributed by atoms with E-state index in [2.05, 4.69) is 23.6 Å². The molecule has 4 aliphatic rings. The number of ether oxygens (including phenoxy) is 1. The van der Waals surface area contributed by atoms with Crippen molar-refractivity contribution in [3.63, 3.8) is 0 Å². The maximum absolute atomic E-state index is 13.4. The van der Waals surface area contributed by atoms with Gasteiger partial charge in [0.1, 0.15) is 6.61 Å². The second kappa shape index (κ2) is 9.52. The van der Waals surface area contributed by atoms with E-state index in [0.29, 0.717) is 12.5 Å². The number of hydrogen-bond acceptors (Lipinski definition) is 4. The number of nitrogens with zero attached hydrogens (tertiary/aromatic N) is 3. The van der Waals surface area contributed by atoms with E-state index in [-0.39, 0.29) is 22.8 Å². The third-order valence-electron chi connectivity index (χ3n) is 8.81.